The number of ether oxygens (including phenoxy) is 4. The van der Waals surface area contributed by atoms with Crippen molar-refractivity contribution in [2.75, 3.05) is 13.2 Å². The van der Waals surface area contributed by atoms with Crippen molar-refractivity contribution in [1.82, 2.24) is 0 Å². The van der Waals surface area contributed by atoms with Crippen molar-refractivity contribution in [1.29, 1.82) is 0 Å². The van der Waals surface area contributed by atoms with E-state index in [4.69, 9.17) is 18.9 Å². The molecule has 1 aliphatic heterocycles. The molecule has 1 heterocycles. The van der Waals surface area contributed by atoms with Gasteiger partial charge in [0.1, 0.15) is 6.10 Å². The maximum absolute atomic E-state index is 6.21. The summed E-state index contributed by atoms with van der Waals surface area (Å²) in [5.41, 5.74) is 2.31. The van der Waals surface area contributed by atoms with E-state index < -0.39 is 0 Å². The molecule has 0 bridgehead atoms. The predicted octanol–water partition coefficient (Wildman–Crippen LogP) is 5.02. The molecule has 0 amide bonds. The van der Waals surface area contributed by atoms with Gasteiger partial charge in [-0.1, -0.05) is 72.8 Å². The van der Waals surface area contributed by atoms with Crippen molar-refractivity contribution in [3.63, 3.8) is 0 Å². The molecule has 4 rings (SSSR count). The lowest BCUT2D eigenvalue weighted by Gasteiger charge is -2.34. The zero-order chi connectivity index (χ0) is 19.7. The molecule has 150 valence electrons. The van der Waals surface area contributed by atoms with Crippen LogP contribution in [0.5, 0.6) is 11.5 Å². The Morgan fingerprint density at radius 3 is 1.72 bits per heavy atom. The van der Waals surface area contributed by atoms with Gasteiger partial charge in [-0.25, -0.2) is 0 Å². The summed E-state index contributed by atoms with van der Waals surface area (Å²) >= 11 is 0. The molecule has 0 saturated heterocycles. The summed E-state index contributed by atoms with van der Waals surface area (Å²) in [5, 5.41) is 0. The monoisotopic (exact) mass is 390 g/mol. The number of hydrogen-bond acceptors (Lipinski definition) is 4. The molecule has 3 aromatic rings. The van der Waals surface area contributed by atoms with Crippen LogP contribution in [0.3, 0.4) is 0 Å². The molecule has 0 aromatic heterocycles. The van der Waals surface area contributed by atoms with E-state index in [2.05, 4.69) is 24.3 Å². The maximum atomic E-state index is 6.21. The van der Waals surface area contributed by atoms with Crippen molar-refractivity contribution in [3.05, 3.63) is 96.1 Å². The lowest BCUT2D eigenvalue weighted by atomic mass is 10.1. The molecule has 0 N–H and O–H groups in total. The van der Waals surface area contributed by atoms with E-state index >= 15 is 0 Å². The second-order valence-electron chi connectivity index (χ2n) is 7.09. The van der Waals surface area contributed by atoms with Crippen LogP contribution in [0.2, 0.25) is 0 Å². The molecule has 3 aromatic carbocycles. The molecule has 4 heteroatoms. The Kier molecular flexibility index (Phi) is 6.79. The first-order chi connectivity index (χ1) is 14.4. The zero-order valence-electron chi connectivity index (χ0n) is 16.4. The van der Waals surface area contributed by atoms with E-state index in [-0.39, 0.29) is 12.2 Å². The predicted molar refractivity (Wildman–Crippen MR) is 112 cm³/mol. The first-order valence-corrected chi connectivity index (χ1v) is 10.0. The highest BCUT2D eigenvalue weighted by atomic mass is 16.6. The highest BCUT2D eigenvalue weighted by Crippen LogP contribution is 2.34. The lowest BCUT2D eigenvalue weighted by Crippen LogP contribution is -2.43. The van der Waals surface area contributed by atoms with Crippen LogP contribution in [0.4, 0.5) is 0 Å². The van der Waals surface area contributed by atoms with E-state index in [0.29, 0.717) is 26.4 Å². The van der Waals surface area contributed by atoms with E-state index in [0.717, 1.165) is 23.5 Å². The van der Waals surface area contributed by atoms with E-state index in [1.807, 2.05) is 60.7 Å². The van der Waals surface area contributed by atoms with Crippen LogP contribution in [-0.4, -0.2) is 25.4 Å². The Bertz CT molecular complexity index is 866. The Labute approximate surface area is 172 Å². The largest absolute Gasteiger partial charge is 0.482 e. The number of rotatable bonds is 9. The maximum Gasteiger partial charge on any atom is 0.161 e. The fourth-order valence-corrected chi connectivity index (χ4v) is 3.34. The third-order valence-corrected chi connectivity index (χ3v) is 4.87. The quantitative estimate of drug-likeness (QED) is 0.481. The van der Waals surface area contributed by atoms with Crippen molar-refractivity contribution in [3.8, 4) is 11.5 Å². The highest BCUT2D eigenvalue weighted by Gasteiger charge is 2.31. The summed E-state index contributed by atoms with van der Waals surface area (Å²) in [6.45, 7) is 2.21. The van der Waals surface area contributed by atoms with Crippen molar-refractivity contribution in [2.24, 2.45) is 0 Å². The third kappa shape index (κ3) is 5.59. The lowest BCUT2D eigenvalue weighted by molar-refractivity contribution is -0.0499. The number of fused-ring (bicyclic) bond motifs is 1. The topological polar surface area (TPSA) is 36.9 Å². The van der Waals surface area contributed by atoms with Crippen molar-refractivity contribution in [2.45, 2.75) is 31.8 Å². The number of benzene rings is 3. The molecule has 4 nitrogen and oxygen atoms in total. The SMILES string of the molecule is c1ccc(COCC[C@H]2Oc3ccccc3O[C@@H]2COCc2ccccc2)cc1. The molecule has 0 spiro atoms. The Morgan fingerprint density at radius 1 is 0.586 bits per heavy atom. The van der Waals surface area contributed by atoms with Crippen LogP contribution in [-0.2, 0) is 22.7 Å². The van der Waals surface area contributed by atoms with Gasteiger partial charge in [0.2, 0.25) is 0 Å². The minimum atomic E-state index is -0.172. The van der Waals surface area contributed by atoms with E-state index in [1.165, 1.54) is 5.56 Å². The molecule has 0 fully saturated rings. The van der Waals surface area contributed by atoms with Crippen LogP contribution in [0.1, 0.15) is 17.5 Å². The molecule has 0 radical (unpaired) electrons. The number of para-hydroxylation sites is 2. The van der Waals surface area contributed by atoms with Crippen molar-refractivity contribution >= 4 is 0 Å². The van der Waals surface area contributed by atoms with Gasteiger partial charge >= 0.3 is 0 Å². The van der Waals surface area contributed by atoms with Gasteiger partial charge in [-0.15, -0.1) is 0 Å². The van der Waals surface area contributed by atoms with Gasteiger partial charge in [-0.05, 0) is 23.3 Å². The fourth-order valence-electron chi connectivity index (χ4n) is 3.34. The van der Waals surface area contributed by atoms with Crippen LogP contribution >= 0.6 is 0 Å². The molecular formula is C25H26O4. The molecule has 1 aliphatic rings. The Balaban J connectivity index is 1.32. The zero-order valence-corrected chi connectivity index (χ0v) is 16.4. The Morgan fingerprint density at radius 2 is 1.10 bits per heavy atom. The highest BCUT2D eigenvalue weighted by molar-refractivity contribution is 5.41. The van der Waals surface area contributed by atoms with Crippen LogP contribution in [0.15, 0.2) is 84.9 Å². The average Bonchev–Trinajstić information content (AvgIpc) is 2.78. The summed E-state index contributed by atoms with van der Waals surface area (Å²) in [6, 6.07) is 28.1. The standard InChI is InChI=1S/C25H26O4/c1-3-9-20(10-4-1)17-26-16-15-24-25(19-27-18-21-11-5-2-6-12-21)29-23-14-8-7-13-22(23)28-24/h1-14,24-25H,15-19H2/t24-,25-/m1/s1. The van der Waals surface area contributed by atoms with Gasteiger partial charge < -0.3 is 18.9 Å². The summed E-state index contributed by atoms with van der Waals surface area (Å²) < 4.78 is 24.2. The molecule has 0 aliphatic carbocycles. The van der Waals surface area contributed by atoms with Crippen LogP contribution in [0.25, 0.3) is 0 Å². The minimum absolute atomic E-state index is 0.114. The Hall–Kier alpha value is -2.82. The summed E-state index contributed by atoms with van der Waals surface area (Å²) in [7, 11) is 0. The second-order valence-corrected chi connectivity index (χ2v) is 7.09. The fraction of sp³-hybridized carbons (Fsp3) is 0.280. The molecule has 0 unspecified atom stereocenters. The minimum Gasteiger partial charge on any atom is -0.482 e. The van der Waals surface area contributed by atoms with E-state index in [1.54, 1.807) is 0 Å². The smallest absolute Gasteiger partial charge is 0.161 e. The number of hydrogen-bond donors (Lipinski definition) is 0. The first-order valence-electron chi connectivity index (χ1n) is 10.0. The average molecular weight is 390 g/mol. The van der Waals surface area contributed by atoms with Crippen LogP contribution < -0.4 is 9.47 Å². The van der Waals surface area contributed by atoms with Gasteiger partial charge in [0.15, 0.2) is 17.6 Å². The normalized spacial score (nSPS) is 17.8. The third-order valence-electron chi connectivity index (χ3n) is 4.87. The molecule has 2 atom stereocenters. The van der Waals surface area contributed by atoms with Gasteiger partial charge in [0.25, 0.3) is 0 Å². The summed E-state index contributed by atoms with van der Waals surface area (Å²) in [6.07, 6.45) is 0.450. The van der Waals surface area contributed by atoms with Gasteiger partial charge in [0.05, 0.1) is 26.4 Å². The second kappa shape index (κ2) is 10.1. The molecule has 0 saturated carbocycles. The summed E-state index contributed by atoms with van der Waals surface area (Å²) in [5.74, 6) is 1.54. The van der Waals surface area contributed by atoms with Crippen molar-refractivity contribution < 1.29 is 18.9 Å². The van der Waals surface area contributed by atoms with E-state index in [9.17, 15) is 0 Å². The molecule has 29 heavy (non-hydrogen) atoms. The summed E-state index contributed by atoms with van der Waals surface area (Å²) in [4.78, 5) is 0. The van der Waals surface area contributed by atoms with Gasteiger partial charge in [-0.3, -0.25) is 0 Å². The van der Waals surface area contributed by atoms with Gasteiger partial charge in [0, 0.05) is 6.42 Å². The molecular weight excluding hydrogens is 364 g/mol. The van der Waals surface area contributed by atoms with Gasteiger partial charge in [-0.2, -0.15) is 0 Å². The first kappa shape index (κ1) is 19.5. The van der Waals surface area contributed by atoms with Crippen LogP contribution in [0, 0.1) is 0 Å².